The summed E-state index contributed by atoms with van der Waals surface area (Å²) in [6.07, 6.45) is 0. The fourth-order valence-electron chi connectivity index (χ4n) is 4.50. The van der Waals surface area contributed by atoms with Crippen molar-refractivity contribution in [3.8, 4) is 22.3 Å². The van der Waals surface area contributed by atoms with Gasteiger partial charge >= 0.3 is 0 Å². The first-order chi connectivity index (χ1) is 17.0. The van der Waals surface area contributed by atoms with E-state index in [2.05, 4.69) is 154 Å². The third-order valence-corrected chi connectivity index (χ3v) is 8.60. The minimum atomic E-state index is -0.246. The zero-order valence-electron chi connectivity index (χ0n) is 20.6. The molecule has 0 N–H and O–H groups in total. The van der Waals surface area contributed by atoms with E-state index in [1.54, 1.807) is 0 Å². The molecule has 5 aromatic carbocycles. The third-order valence-electron chi connectivity index (χ3n) is 6.33. The SMILES string of the molecule is CC(C)(C)c1ccc([S+](c2ccccc2)c2cccc(-c3ccccc3)c2-c2ccccc2)cc1. The van der Waals surface area contributed by atoms with Gasteiger partial charge in [0.2, 0.25) is 0 Å². The quantitative estimate of drug-likeness (QED) is 0.224. The van der Waals surface area contributed by atoms with E-state index in [0.29, 0.717) is 0 Å². The Bertz CT molecular complexity index is 1380. The molecule has 0 aliphatic carbocycles. The Labute approximate surface area is 212 Å². The van der Waals surface area contributed by atoms with E-state index in [9.17, 15) is 0 Å². The summed E-state index contributed by atoms with van der Waals surface area (Å²) in [5, 5.41) is 0. The standard InChI is InChI=1S/C34H31S/c1-34(2,3)28-22-24-30(25-23-28)35(29-18-11-6-12-19-29)32-21-13-20-31(26-14-7-4-8-15-26)33(32)27-16-9-5-10-17-27/h4-25H,1-3H3/q+1. The van der Waals surface area contributed by atoms with Gasteiger partial charge in [0.1, 0.15) is 0 Å². The van der Waals surface area contributed by atoms with Gasteiger partial charge in [-0.2, -0.15) is 0 Å². The van der Waals surface area contributed by atoms with Crippen LogP contribution in [0.25, 0.3) is 22.3 Å². The van der Waals surface area contributed by atoms with Crippen LogP contribution < -0.4 is 0 Å². The van der Waals surface area contributed by atoms with Gasteiger partial charge in [-0.1, -0.05) is 124 Å². The Hall–Kier alpha value is -3.55. The van der Waals surface area contributed by atoms with E-state index in [-0.39, 0.29) is 16.3 Å². The van der Waals surface area contributed by atoms with Crippen molar-refractivity contribution in [1.29, 1.82) is 0 Å². The van der Waals surface area contributed by atoms with Crippen LogP contribution >= 0.6 is 0 Å². The van der Waals surface area contributed by atoms with Crippen LogP contribution in [-0.2, 0) is 16.3 Å². The zero-order chi connectivity index (χ0) is 24.3. The van der Waals surface area contributed by atoms with Crippen LogP contribution in [0.3, 0.4) is 0 Å². The lowest BCUT2D eigenvalue weighted by Crippen LogP contribution is -2.12. The second kappa shape index (κ2) is 9.98. The molecule has 172 valence electrons. The zero-order valence-corrected chi connectivity index (χ0v) is 21.4. The second-order valence-electron chi connectivity index (χ2n) is 9.80. The molecular weight excluding hydrogens is 440 g/mol. The van der Waals surface area contributed by atoms with Crippen molar-refractivity contribution in [2.24, 2.45) is 0 Å². The van der Waals surface area contributed by atoms with E-state index in [1.807, 2.05) is 0 Å². The average molecular weight is 472 g/mol. The van der Waals surface area contributed by atoms with Crippen molar-refractivity contribution in [2.45, 2.75) is 40.9 Å². The maximum Gasteiger partial charge on any atom is 0.174 e. The van der Waals surface area contributed by atoms with Gasteiger partial charge in [0.15, 0.2) is 14.7 Å². The summed E-state index contributed by atoms with van der Waals surface area (Å²) in [5.74, 6) is 0. The van der Waals surface area contributed by atoms with Crippen LogP contribution in [0.5, 0.6) is 0 Å². The van der Waals surface area contributed by atoms with Crippen molar-refractivity contribution in [3.05, 3.63) is 139 Å². The fraction of sp³-hybridized carbons (Fsp3) is 0.118. The Morgan fingerprint density at radius 2 is 0.971 bits per heavy atom. The molecule has 35 heavy (non-hydrogen) atoms. The molecule has 0 bridgehead atoms. The van der Waals surface area contributed by atoms with Gasteiger partial charge in [-0.05, 0) is 58.0 Å². The molecule has 0 amide bonds. The Kier molecular flexibility index (Phi) is 6.61. The van der Waals surface area contributed by atoms with Gasteiger partial charge in [-0.15, -0.1) is 0 Å². The number of hydrogen-bond acceptors (Lipinski definition) is 0. The molecule has 5 aromatic rings. The predicted octanol–water partition coefficient (Wildman–Crippen LogP) is 9.41. The third kappa shape index (κ3) is 4.97. The van der Waals surface area contributed by atoms with Gasteiger partial charge in [0.05, 0.1) is 10.9 Å². The summed E-state index contributed by atoms with van der Waals surface area (Å²) in [6.45, 7) is 6.82. The van der Waals surface area contributed by atoms with Crippen LogP contribution in [0, 0.1) is 0 Å². The molecule has 0 aliphatic rings. The highest BCUT2D eigenvalue weighted by atomic mass is 32.2. The van der Waals surface area contributed by atoms with Crippen molar-refractivity contribution < 1.29 is 0 Å². The maximum absolute atomic E-state index is 2.33. The first-order valence-corrected chi connectivity index (χ1v) is 13.4. The first-order valence-electron chi connectivity index (χ1n) is 12.2. The van der Waals surface area contributed by atoms with Gasteiger partial charge in [0, 0.05) is 5.56 Å². The van der Waals surface area contributed by atoms with E-state index in [1.165, 1.54) is 42.5 Å². The molecule has 0 spiro atoms. The number of hydrogen-bond donors (Lipinski definition) is 0. The summed E-state index contributed by atoms with van der Waals surface area (Å²) in [5.41, 5.74) is 6.57. The van der Waals surface area contributed by atoms with Gasteiger partial charge < -0.3 is 0 Å². The van der Waals surface area contributed by atoms with Gasteiger partial charge in [0.25, 0.3) is 0 Å². The molecule has 0 fully saturated rings. The van der Waals surface area contributed by atoms with Crippen LogP contribution in [0.2, 0.25) is 0 Å². The second-order valence-corrected chi connectivity index (χ2v) is 11.8. The highest BCUT2D eigenvalue weighted by Crippen LogP contribution is 2.42. The smallest absolute Gasteiger partial charge is 0.0622 e. The molecule has 1 heteroatoms. The van der Waals surface area contributed by atoms with Crippen LogP contribution in [-0.4, -0.2) is 0 Å². The lowest BCUT2D eigenvalue weighted by Gasteiger charge is -2.20. The largest absolute Gasteiger partial charge is 0.174 e. The van der Waals surface area contributed by atoms with E-state index in [0.717, 1.165) is 0 Å². The summed E-state index contributed by atoms with van der Waals surface area (Å²) in [7, 11) is -0.246. The lowest BCUT2D eigenvalue weighted by molar-refractivity contribution is 0.589. The molecule has 0 nitrogen and oxygen atoms in total. The molecule has 1 unspecified atom stereocenters. The number of rotatable bonds is 5. The van der Waals surface area contributed by atoms with E-state index >= 15 is 0 Å². The van der Waals surface area contributed by atoms with Crippen LogP contribution in [0.1, 0.15) is 26.3 Å². The fourth-order valence-corrected chi connectivity index (χ4v) is 6.76. The molecule has 0 saturated heterocycles. The van der Waals surface area contributed by atoms with Gasteiger partial charge in [-0.3, -0.25) is 0 Å². The monoisotopic (exact) mass is 471 g/mol. The first kappa shape index (κ1) is 23.2. The lowest BCUT2D eigenvalue weighted by atomic mass is 9.87. The Balaban J connectivity index is 1.77. The molecule has 0 aliphatic heterocycles. The van der Waals surface area contributed by atoms with Crippen molar-refractivity contribution in [3.63, 3.8) is 0 Å². The van der Waals surface area contributed by atoms with Crippen LogP contribution in [0.15, 0.2) is 148 Å². The normalized spacial score (nSPS) is 12.3. The topological polar surface area (TPSA) is 0 Å². The molecule has 0 heterocycles. The van der Waals surface area contributed by atoms with E-state index < -0.39 is 0 Å². The molecule has 5 rings (SSSR count). The van der Waals surface area contributed by atoms with Crippen molar-refractivity contribution in [1.82, 2.24) is 0 Å². The van der Waals surface area contributed by atoms with Gasteiger partial charge in [-0.25, -0.2) is 0 Å². The average Bonchev–Trinajstić information content (AvgIpc) is 2.90. The minimum absolute atomic E-state index is 0.131. The molecule has 1 atom stereocenters. The maximum atomic E-state index is 2.33. The van der Waals surface area contributed by atoms with Crippen molar-refractivity contribution in [2.75, 3.05) is 0 Å². The summed E-state index contributed by atoms with van der Waals surface area (Å²) >= 11 is 0. The molecular formula is C34H31S+. The minimum Gasteiger partial charge on any atom is -0.0622 e. The Morgan fingerprint density at radius 1 is 0.457 bits per heavy atom. The highest BCUT2D eigenvalue weighted by molar-refractivity contribution is 7.97. The predicted molar refractivity (Wildman–Crippen MR) is 151 cm³/mol. The van der Waals surface area contributed by atoms with Crippen molar-refractivity contribution >= 4 is 10.9 Å². The molecule has 0 aromatic heterocycles. The highest BCUT2D eigenvalue weighted by Gasteiger charge is 2.33. The summed E-state index contributed by atoms with van der Waals surface area (Å²) in [4.78, 5) is 4.03. The summed E-state index contributed by atoms with van der Waals surface area (Å²) < 4.78 is 0. The van der Waals surface area contributed by atoms with Crippen LogP contribution in [0.4, 0.5) is 0 Å². The Morgan fingerprint density at radius 3 is 1.54 bits per heavy atom. The molecule has 0 saturated carbocycles. The molecule has 0 radical (unpaired) electrons. The van der Waals surface area contributed by atoms with E-state index in [4.69, 9.17) is 0 Å². The number of benzene rings is 5. The summed E-state index contributed by atoms with van der Waals surface area (Å²) in [6, 6.07) is 48.6.